The molecule has 0 radical (unpaired) electrons. The molecule has 1 saturated carbocycles. The minimum atomic E-state index is 0.763. The van der Waals surface area contributed by atoms with Gasteiger partial charge in [0.15, 0.2) is 0 Å². The van der Waals surface area contributed by atoms with Crippen LogP contribution in [0.3, 0.4) is 0 Å². The van der Waals surface area contributed by atoms with Crippen LogP contribution in [0.4, 0.5) is 0 Å². The fraction of sp³-hybridized carbons (Fsp3) is 1.00. The highest BCUT2D eigenvalue weighted by atomic mass is 32.2. The predicted octanol–water partition coefficient (Wildman–Crippen LogP) is 3.54. The Morgan fingerprint density at radius 2 is 2.13 bits per heavy atom. The summed E-state index contributed by atoms with van der Waals surface area (Å²) in [6, 6.07) is 0.763. The van der Waals surface area contributed by atoms with Gasteiger partial charge in [0.05, 0.1) is 0 Å². The van der Waals surface area contributed by atoms with E-state index in [1.54, 1.807) is 0 Å². The third kappa shape index (κ3) is 4.36. The molecule has 90 valence electrons. The van der Waals surface area contributed by atoms with Crippen molar-refractivity contribution in [3.8, 4) is 0 Å². The largest absolute Gasteiger partial charge is 0.313 e. The number of hydrogen-bond donors (Lipinski definition) is 1. The maximum Gasteiger partial charge on any atom is 0.0186 e. The zero-order valence-corrected chi connectivity index (χ0v) is 11.4. The summed E-state index contributed by atoms with van der Waals surface area (Å²) in [5, 5.41) is 3.68. The van der Waals surface area contributed by atoms with E-state index in [-0.39, 0.29) is 0 Å². The Morgan fingerprint density at radius 3 is 2.73 bits per heavy atom. The Morgan fingerprint density at radius 1 is 1.33 bits per heavy atom. The second-order valence-electron chi connectivity index (χ2n) is 4.82. The van der Waals surface area contributed by atoms with E-state index in [2.05, 4.69) is 25.4 Å². The number of thioether (sulfide) groups is 1. The Balaban J connectivity index is 2.42. The van der Waals surface area contributed by atoms with Gasteiger partial charge in [0.2, 0.25) is 0 Å². The molecule has 15 heavy (non-hydrogen) atoms. The summed E-state index contributed by atoms with van der Waals surface area (Å²) in [5.41, 5.74) is 0. The van der Waals surface area contributed by atoms with Crippen LogP contribution in [0.25, 0.3) is 0 Å². The molecule has 0 aromatic rings. The lowest BCUT2D eigenvalue weighted by Gasteiger charge is -2.34. The minimum Gasteiger partial charge on any atom is -0.313 e. The normalized spacial score (nSPS) is 29.0. The van der Waals surface area contributed by atoms with E-state index < -0.39 is 0 Å². The van der Waals surface area contributed by atoms with Crippen LogP contribution in [0.15, 0.2) is 0 Å². The third-order valence-corrected chi connectivity index (χ3v) is 4.47. The van der Waals surface area contributed by atoms with E-state index in [0.717, 1.165) is 24.4 Å². The average Bonchev–Trinajstić information content (AvgIpc) is 2.29. The first-order valence-electron chi connectivity index (χ1n) is 6.54. The van der Waals surface area contributed by atoms with Crippen LogP contribution in [-0.4, -0.2) is 24.6 Å². The first kappa shape index (κ1) is 13.4. The van der Waals surface area contributed by atoms with E-state index in [4.69, 9.17) is 0 Å². The molecule has 1 nitrogen and oxygen atoms in total. The van der Waals surface area contributed by atoms with Gasteiger partial charge in [0, 0.05) is 11.8 Å². The molecule has 1 rings (SSSR count). The molecule has 1 aliphatic carbocycles. The summed E-state index contributed by atoms with van der Waals surface area (Å²) in [5.74, 6) is 3.23. The van der Waals surface area contributed by atoms with Crippen LogP contribution in [0.2, 0.25) is 0 Å². The van der Waals surface area contributed by atoms with E-state index in [1.807, 2.05) is 11.8 Å². The van der Waals surface area contributed by atoms with Gasteiger partial charge in [-0.25, -0.2) is 0 Å². The molecule has 0 spiro atoms. The standard InChI is InChI=1S/C13H27NS/c1-4-11-7-6-8-12(9-11)13(10-15-3)14-5-2/h11-14H,4-10H2,1-3H3. The van der Waals surface area contributed by atoms with Crippen molar-refractivity contribution in [2.45, 2.75) is 52.0 Å². The Labute approximate surface area is 99.8 Å². The maximum absolute atomic E-state index is 3.68. The minimum absolute atomic E-state index is 0.763. The number of rotatable bonds is 6. The predicted molar refractivity (Wildman–Crippen MR) is 71.6 cm³/mol. The summed E-state index contributed by atoms with van der Waals surface area (Å²) in [4.78, 5) is 0. The second-order valence-corrected chi connectivity index (χ2v) is 5.73. The van der Waals surface area contributed by atoms with Gasteiger partial charge >= 0.3 is 0 Å². The number of hydrogen-bond acceptors (Lipinski definition) is 2. The highest BCUT2D eigenvalue weighted by molar-refractivity contribution is 7.98. The van der Waals surface area contributed by atoms with E-state index >= 15 is 0 Å². The number of nitrogens with one attached hydrogen (secondary N) is 1. The van der Waals surface area contributed by atoms with Gasteiger partial charge in [0.1, 0.15) is 0 Å². The molecule has 0 saturated heterocycles. The lowest BCUT2D eigenvalue weighted by Crippen LogP contribution is -2.40. The summed E-state index contributed by atoms with van der Waals surface area (Å²) in [7, 11) is 0. The third-order valence-electron chi connectivity index (χ3n) is 3.78. The summed E-state index contributed by atoms with van der Waals surface area (Å²) >= 11 is 1.99. The lowest BCUT2D eigenvalue weighted by molar-refractivity contribution is 0.220. The first-order valence-corrected chi connectivity index (χ1v) is 7.93. The van der Waals surface area contributed by atoms with Gasteiger partial charge < -0.3 is 5.32 Å². The SMILES string of the molecule is CCNC(CSC)C1CCCC(CC)C1. The summed E-state index contributed by atoms with van der Waals surface area (Å²) in [6.07, 6.45) is 9.47. The van der Waals surface area contributed by atoms with E-state index in [9.17, 15) is 0 Å². The van der Waals surface area contributed by atoms with Crippen LogP contribution < -0.4 is 5.32 Å². The molecule has 0 amide bonds. The molecule has 3 unspecified atom stereocenters. The smallest absolute Gasteiger partial charge is 0.0186 e. The zero-order valence-electron chi connectivity index (χ0n) is 10.6. The molecule has 0 aliphatic heterocycles. The first-order chi connectivity index (χ1) is 7.31. The molecule has 1 aliphatic rings. The molecule has 1 N–H and O–H groups in total. The van der Waals surface area contributed by atoms with E-state index in [1.165, 1.54) is 37.9 Å². The van der Waals surface area contributed by atoms with Crippen molar-refractivity contribution in [3.63, 3.8) is 0 Å². The van der Waals surface area contributed by atoms with Gasteiger partial charge in [-0.15, -0.1) is 0 Å². The van der Waals surface area contributed by atoms with Crippen LogP contribution >= 0.6 is 11.8 Å². The average molecular weight is 229 g/mol. The van der Waals surface area contributed by atoms with Crippen molar-refractivity contribution < 1.29 is 0 Å². The molecule has 0 heterocycles. The Bertz CT molecular complexity index is 155. The van der Waals surface area contributed by atoms with Crippen molar-refractivity contribution in [1.82, 2.24) is 5.32 Å². The highest BCUT2D eigenvalue weighted by Crippen LogP contribution is 2.33. The van der Waals surface area contributed by atoms with Gasteiger partial charge in [0.25, 0.3) is 0 Å². The summed E-state index contributed by atoms with van der Waals surface area (Å²) < 4.78 is 0. The molecule has 0 bridgehead atoms. The molecule has 2 heteroatoms. The maximum atomic E-state index is 3.68. The Kier molecular flexibility index (Phi) is 6.74. The lowest BCUT2D eigenvalue weighted by atomic mass is 9.77. The van der Waals surface area contributed by atoms with Crippen LogP contribution in [0.5, 0.6) is 0 Å². The fourth-order valence-electron chi connectivity index (χ4n) is 2.87. The van der Waals surface area contributed by atoms with Gasteiger partial charge in [-0.3, -0.25) is 0 Å². The molecular formula is C13H27NS. The topological polar surface area (TPSA) is 12.0 Å². The van der Waals surface area contributed by atoms with Crippen LogP contribution in [0, 0.1) is 11.8 Å². The van der Waals surface area contributed by atoms with E-state index in [0.29, 0.717) is 0 Å². The highest BCUT2D eigenvalue weighted by Gasteiger charge is 2.26. The van der Waals surface area contributed by atoms with Crippen molar-refractivity contribution >= 4 is 11.8 Å². The molecule has 0 aromatic carbocycles. The molecule has 3 atom stereocenters. The second kappa shape index (κ2) is 7.56. The monoisotopic (exact) mass is 229 g/mol. The molecule has 0 aromatic heterocycles. The molecular weight excluding hydrogens is 202 g/mol. The fourth-order valence-corrected chi connectivity index (χ4v) is 3.62. The summed E-state index contributed by atoms with van der Waals surface area (Å²) in [6.45, 7) is 5.70. The molecule has 1 fully saturated rings. The van der Waals surface area contributed by atoms with Gasteiger partial charge in [-0.1, -0.05) is 33.1 Å². The van der Waals surface area contributed by atoms with Crippen molar-refractivity contribution in [3.05, 3.63) is 0 Å². The van der Waals surface area contributed by atoms with Crippen LogP contribution in [-0.2, 0) is 0 Å². The quantitative estimate of drug-likeness (QED) is 0.747. The van der Waals surface area contributed by atoms with Crippen molar-refractivity contribution in [1.29, 1.82) is 0 Å². The van der Waals surface area contributed by atoms with Gasteiger partial charge in [-0.05, 0) is 37.5 Å². The zero-order chi connectivity index (χ0) is 11.1. The Hall–Kier alpha value is 0.310. The van der Waals surface area contributed by atoms with Crippen molar-refractivity contribution in [2.75, 3.05) is 18.6 Å². The van der Waals surface area contributed by atoms with Crippen molar-refractivity contribution in [2.24, 2.45) is 11.8 Å². The van der Waals surface area contributed by atoms with Gasteiger partial charge in [-0.2, -0.15) is 11.8 Å². The van der Waals surface area contributed by atoms with Crippen LogP contribution in [0.1, 0.15) is 46.0 Å².